The zero-order valence-corrected chi connectivity index (χ0v) is 9.33. The monoisotopic (exact) mass is 238 g/mol. The fourth-order valence-electron chi connectivity index (χ4n) is 1.67. The number of imide groups is 1. The third-order valence-corrected chi connectivity index (χ3v) is 2.90. The molecule has 84 valence electrons. The summed E-state index contributed by atoms with van der Waals surface area (Å²) in [5, 5.41) is 0.475. The molecule has 0 saturated carbocycles. The van der Waals surface area contributed by atoms with Crippen LogP contribution in [0.1, 0.15) is 18.4 Å². The van der Waals surface area contributed by atoms with E-state index in [2.05, 4.69) is 0 Å². The first-order valence-corrected chi connectivity index (χ1v) is 5.33. The highest BCUT2D eigenvalue weighted by atomic mass is 35.5. The number of nitrogen functional groups attached to an aromatic ring is 1. The van der Waals surface area contributed by atoms with Gasteiger partial charge in [0.05, 0.1) is 17.3 Å². The lowest BCUT2D eigenvalue weighted by Crippen LogP contribution is -2.28. The fraction of sp³-hybridized carbons (Fsp3) is 0.273. The Kier molecular flexibility index (Phi) is 2.83. The summed E-state index contributed by atoms with van der Waals surface area (Å²) in [6.07, 6.45) is 0.615. The third kappa shape index (κ3) is 2.02. The Balaban J connectivity index is 2.17. The van der Waals surface area contributed by atoms with E-state index in [-0.39, 0.29) is 18.4 Å². The molecule has 16 heavy (non-hydrogen) atoms. The molecule has 1 aliphatic rings. The Hall–Kier alpha value is -1.55. The van der Waals surface area contributed by atoms with Crippen LogP contribution in [0, 0.1) is 0 Å². The standard InChI is InChI=1S/C11H11ClN2O2/c12-8-2-1-7(5-9(8)13)6-14-10(15)3-4-11(14)16/h1-2,5H,3-4,6,13H2. The summed E-state index contributed by atoms with van der Waals surface area (Å²) in [5.74, 6) is -0.253. The molecule has 1 aromatic carbocycles. The summed E-state index contributed by atoms with van der Waals surface area (Å²) in [4.78, 5) is 24.0. The van der Waals surface area contributed by atoms with Gasteiger partial charge in [0.1, 0.15) is 0 Å². The van der Waals surface area contributed by atoms with Crippen molar-refractivity contribution in [1.82, 2.24) is 4.90 Å². The Morgan fingerprint density at radius 2 is 1.88 bits per heavy atom. The highest BCUT2D eigenvalue weighted by Gasteiger charge is 2.28. The van der Waals surface area contributed by atoms with Gasteiger partial charge in [-0.3, -0.25) is 14.5 Å². The predicted octanol–water partition coefficient (Wildman–Crippen LogP) is 1.57. The average Bonchev–Trinajstić information content (AvgIpc) is 2.55. The molecule has 2 amide bonds. The summed E-state index contributed by atoms with van der Waals surface area (Å²) >= 11 is 5.78. The lowest BCUT2D eigenvalue weighted by molar-refractivity contribution is -0.139. The Labute approximate surface area is 98.0 Å². The zero-order chi connectivity index (χ0) is 11.7. The van der Waals surface area contributed by atoms with Gasteiger partial charge < -0.3 is 5.73 Å². The Morgan fingerprint density at radius 1 is 1.25 bits per heavy atom. The van der Waals surface area contributed by atoms with Crippen LogP contribution >= 0.6 is 11.6 Å². The number of amides is 2. The number of likely N-dealkylation sites (tertiary alicyclic amines) is 1. The quantitative estimate of drug-likeness (QED) is 0.628. The van der Waals surface area contributed by atoms with Crippen LogP contribution in [-0.4, -0.2) is 16.7 Å². The summed E-state index contributed by atoms with van der Waals surface area (Å²) in [6, 6.07) is 5.11. The number of carbonyl (C=O) groups excluding carboxylic acids is 2. The van der Waals surface area contributed by atoms with Crippen molar-refractivity contribution in [2.24, 2.45) is 0 Å². The maximum atomic E-state index is 11.4. The topological polar surface area (TPSA) is 63.4 Å². The van der Waals surface area contributed by atoms with Crippen molar-refractivity contribution in [3.63, 3.8) is 0 Å². The van der Waals surface area contributed by atoms with E-state index in [4.69, 9.17) is 17.3 Å². The maximum absolute atomic E-state index is 11.4. The summed E-state index contributed by atoms with van der Waals surface area (Å²) in [6.45, 7) is 0.277. The number of nitrogens with zero attached hydrogens (tertiary/aromatic N) is 1. The van der Waals surface area contributed by atoms with Gasteiger partial charge >= 0.3 is 0 Å². The van der Waals surface area contributed by atoms with Gasteiger partial charge in [-0.2, -0.15) is 0 Å². The van der Waals surface area contributed by atoms with E-state index in [9.17, 15) is 9.59 Å². The number of anilines is 1. The van der Waals surface area contributed by atoms with Crippen LogP contribution in [0.2, 0.25) is 5.02 Å². The number of benzene rings is 1. The van der Waals surface area contributed by atoms with Crippen LogP contribution in [0.15, 0.2) is 18.2 Å². The third-order valence-electron chi connectivity index (χ3n) is 2.56. The molecule has 0 radical (unpaired) electrons. The molecule has 4 nitrogen and oxygen atoms in total. The van der Waals surface area contributed by atoms with E-state index in [1.165, 1.54) is 4.90 Å². The normalized spacial score (nSPS) is 15.9. The molecule has 2 rings (SSSR count). The molecule has 0 bridgehead atoms. The first kappa shape index (κ1) is 11.0. The number of hydrogen-bond acceptors (Lipinski definition) is 3. The van der Waals surface area contributed by atoms with Crippen molar-refractivity contribution in [1.29, 1.82) is 0 Å². The molecule has 1 aromatic rings. The van der Waals surface area contributed by atoms with Gasteiger partial charge in [0, 0.05) is 12.8 Å². The number of rotatable bonds is 2. The molecule has 1 fully saturated rings. The second-order valence-corrected chi connectivity index (χ2v) is 4.14. The van der Waals surface area contributed by atoms with Crippen molar-refractivity contribution in [2.75, 3.05) is 5.73 Å². The van der Waals surface area contributed by atoms with Gasteiger partial charge in [-0.25, -0.2) is 0 Å². The lowest BCUT2D eigenvalue weighted by Gasteiger charge is -2.14. The minimum absolute atomic E-state index is 0.126. The molecule has 1 heterocycles. The van der Waals surface area contributed by atoms with Gasteiger partial charge in [0.15, 0.2) is 0 Å². The van der Waals surface area contributed by atoms with Crippen LogP contribution in [0.4, 0.5) is 5.69 Å². The molecule has 0 spiro atoms. The van der Waals surface area contributed by atoms with Gasteiger partial charge in [-0.1, -0.05) is 17.7 Å². The van der Waals surface area contributed by atoms with Crippen molar-refractivity contribution >= 4 is 29.1 Å². The van der Waals surface area contributed by atoms with E-state index < -0.39 is 0 Å². The molecule has 0 unspecified atom stereocenters. The molecule has 0 aliphatic carbocycles. The molecule has 1 saturated heterocycles. The fourth-order valence-corrected chi connectivity index (χ4v) is 1.79. The number of hydrogen-bond donors (Lipinski definition) is 1. The van der Waals surface area contributed by atoms with E-state index in [0.717, 1.165) is 5.56 Å². The summed E-state index contributed by atoms with van der Waals surface area (Å²) in [5.41, 5.74) is 6.91. The van der Waals surface area contributed by atoms with Gasteiger partial charge in [0.2, 0.25) is 11.8 Å². The lowest BCUT2D eigenvalue weighted by atomic mass is 10.2. The van der Waals surface area contributed by atoms with E-state index in [0.29, 0.717) is 23.6 Å². The van der Waals surface area contributed by atoms with Crippen molar-refractivity contribution < 1.29 is 9.59 Å². The van der Waals surface area contributed by atoms with Crippen molar-refractivity contribution in [2.45, 2.75) is 19.4 Å². The maximum Gasteiger partial charge on any atom is 0.229 e. The highest BCUT2D eigenvalue weighted by molar-refractivity contribution is 6.33. The predicted molar refractivity (Wildman–Crippen MR) is 60.7 cm³/mol. The van der Waals surface area contributed by atoms with Crippen molar-refractivity contribution in [3.8, 4) is 0 Å². The summed E-state index contributed by atoms with van der Waals surface area (Å²) in [7, 11) is 0. The smallest absolute Gasteiger partial charge is 0.229 e. The van der Waals surface area contributed by atoms with E-state index in [1.54, 1.807) is 18.2 Å². The van der Waals surface area contributed by atoms with Crippen LogP contribution < -0.4 is 5.73 Å². The summed E-state index contributed by atoms with van der Waals surface area (Å²) < 4.78 is 0. The van der Waals surface area contributed by atoms with Crippen molar-refractivity contribution in [3.05, 3.63) is 28.8 Å². The van der Waals surface area contributed by atoms with Crippen LogP contribution in [0.25, 0.3) is 0 Å². The molecular formula is C11H11ClN2O2. The minimum Gasteiger partial charge on any atom is -0.398 e. The van der Waals surface area contributed by atoms with Gasteiger partial charge in [0.25, 0.3) is 0 Å². The van der Waals surface area contributed by atoms with Crippen LogP contribution in [-0.2, 0) is 16.1 Å². The highest BCUT2D eigenvalue weighted by Crippen LogP contribution is 2.22. The van der Waals surface area contributed by atoms with Gasteiger partial charge in [-0.15, -0.1) is 0 Å². The SMILES string of the molecule is Nc1cc(CN2C(=O)CCC2=O)ccc1Cl. The largest absolute Gasteiger partial charge is 0.398 e. The van der Waals surface area contributed by atoms with E-state index in [1.807, 2.05) is 0 Å². The second kappa shape index (κ2) is 4.14. The molecule has 5 heteroatoms. The first-order valence-electron chi connectivity index (χ1n) is 4.95. The van der Waals surface area contributed by atoms with Gasteiger partial charge in [-0.05, 0) is 17.7 Å². The first-order chi connectivity index (χ1) is 7.58. The number of halogens is 1. The molecule has 0 atom stereocenters. The zero-order valence-electron chi connectivity index (χ0n) is 8.57. The second-order valence-electron chi connectivity index (χ2n) is 3.73. The Bertz CT molecular complexity index is 443. The molecule has 0 aromatic heterocycles. The van der Waals surface area contributed by atoms with E-state index >= 15 is 0 Å². The van der Waals surface area contributed by atoms with Crippen LogP contribution in [0.5, 0.6) is 0 Å². The van der Waals surface area contributed by atoms with Crippen LogP contribution in [0.3, 0.4) is 0 Å². The minimum atomic E-state index is -0.126. The number of carbonyl (C=O) groups is 2. The molecule has 2 N–H and O–H groups in total. The number of nitrogens with two attached hydrogens (primary N) is 1. The average molecular weight is 239 g/mol. The Morgan fingerprint density at radius 3 is 2.44 bits per heavy atom. The molecular weight excluding hydrogens is 228 g/mol. The molecule has 1 aliphatic heterocycles.